The van der Waals surface area contributed by atoms with Crippen LogP contribution >= 0.6 is 0 Å². The summed E-state index contributed by atoms with van der Waals surface area (Å²) in [5.74, 6) is 0. The minimum atomic E-state index is -0.0431. The van der Waals surface area contributed by atoms with Crippen LogP contribution in [0, 0.1) is 0 Å². The van der Waals surface area contributed by atoms with E-state index in [-0.39, 0.29) is 5.56 Å². The molecule has 0 spiro atoms. The number of H-pyrrole nitrogens is 1. The summed E-state index contributed by atoms with van der Waals surface area (Å²) in [7, 11) is 0. The normalized spacial score (nSPS) is 9.12. The topological polar surface area (TPSA) is 32.9 Å². The Kier molecular flexibility index (Phi) is 5.06. The maximum absolute atomic E-state index is 11.0. The lowest BCUT2D eigenvalue weighted by molar-refractivity contribution is 1.13. The van der Waals surface area contributed by atoms with E-state index < -0.39 is 0 Å². The molecule has 0 saturated carbocycles. The quantitative estimate of drug-likeness (QED) is 0.820. The average molecular weight is 215 g/mol. The molecule has 2 rings (SSSR count). The molecule has 0 saturated heterocycles. The van der Waals surface area contributed by atoms with Gasteiger partial charge in [-0.1, -0.05) is 44.2 Å². The van der Waals surface area contributed by atoms with E-state index in [2.05, 4.69) is 17.1 Å². The Morgan fingerprint density at radius 3 is 2.31 bits per heavy atom. The van der Waals surface area contributed by atoms with Crippen LogP contribution in [-0.2, 0) is 6.42 Å². The molecule has 0 unspecified atom stereocenters. The van der Waals surface area contributed by atoms with Gasteiger partial charge in [-0.05, 0) is 23.6 Å². The third-order valence-electron chi connectivity index (χ3n) is 2.09. The number of pyridine rings is 1. The van der Waals surface area contributed by atoms with Crippen LogP contribution in [-0.4, -0.2) is 4.98 Å². The van der Waals surface area contributed by atoms with Crippen LogP contribution in [0.3, 0.4) is 0 Å². The first kappa shape index (κ1) is 12.2. The SMILES string of the molecule is CC.O=c1cc(Cc2ccccc2)cc[nH]1. The molecule has 0 radical (unpaired) electrons. The standard InChI is InChI=1S/C12H11NO.C2H6/c14-12-9-11(6-7-13-12)8-10-4-2-1-3-5-10;1-2/h1-7,9H,8H2,(H,13,14);1-2H3. The second-order valence-corrected chi connectivity index (χ2v) is 3.22. The van der Waals surface area contributed by atoms with Gasteiger partial charge in [0.15, 0.2) is 0 Å². The van der Waals surface area contributed by atoms with E-state index in [1.807, 2.05) is 38.1 Å². The van der Waals surface area contributed by atoms with Gasteiger partial charge in [0.2, 0.25) is 5.56 Å². The Bertz CT molecular complexity index is 459. The third kappa shape index (κ3) is 3.73. The first-order valence-electron chi connectivity index (χ1n) is 5.56. The smallest absolute Gasteiger partial charge is 0.248 e. The van der Waals surface area contributed by atoms with Gasteiger partial charge in [0.05, 0.1) is 0 Å². The molecule has 0 aliphatic carbocycles. The van der Waals surface area contributed by atoms with Crippen molar-refractivity contribution in [3.63, 3.8) is 0 Å². The summed E-state index contributed by atoms with van der Waals surface area (Å²) in [6.07, 6.45) is 2.49. The summed E-state index contributed by atoms with van der Waals surface area (Å²) < 4.78 is 0. The zero-order valence-electron chi connectivity index (χ0n) is 9.73. The molecule has 1 N–H and O–H groups in total. The molecular weight excluding hydrogens is 198 g/mol. The molecule has 1 heterocycles. The highest BCUT2D eigenvalue weighted by Gasteiger charge is 1.95. The first-order chi connectivity index (χ1) is 7.84. The zero-order chi connectivity index (χ0) is 11.8. The maximum atomic E-state index is 11.0. The fourth-order valence-corrected chi connectivity index (χ4v) is 1.43. The Morgan fingerprint density at radius 1 is 1.00 bits per heavy atom. The molecule has 2 aromatic rings. The van der Waals surface area contributed by atoms with E-state index in [1.54, 1.807) is 12.3 Å². The summed E-state index contributed by atoms with van der Waals surface area (Å²) in [5, 5.41) is 0. The second kappa shape index (κ2) is 6.62. The molecule has 0 amide bonds. The molecule has 16 heavy (non-hydrogen) atoms. The molecule has 0 aliphatic heterocycles. The Hall–Kier alpha value is -1.83. The minimum absolute atomic E-state index is 0.0431. The van der Waals surface area contributed by atoms with Crippen LogP contribution < -0.4 is 5.56 Å². The van der Waals surface area contributed by atoms with Gasteiger partial charge in [-0.15, -0.1) is 0 Å². The molecule has 0 aliphatic rings. The molecular formula is C14H17NO. The highest BCUT2D eigenvalue weighted by Crippen LogP contribution is 2.05. The maximum Gasteiger partial charge on any atom is 0.248 e. The largest absolute Gasteiger partial charge is 0.329 e. The van der Waals surface area contributed by atoms with Crippen molar-refractivity contribution in [2.75, 3.05) is 0 Å². The lowest BCUT2D eigenvalue weighted by Gasteiger charge is -1.99. The highest BCUT2D eigenvalue weighted by molar-refractivity contribution is 5.23. The van der Waals surface area contributed by atoms with Gasteiger partial charge < -0.3 is 4.98 Å². The third-order valence-corrected chi connectivity index (χ3v) is 2.09. The molecule has 2 heteroatoms. The fourth-order valence-electron chi connectivity index (χ4n) is 1.43. The number of benzene rings is 1. The van der Waals surface area contributed by atoms with Crippen molar-refractivity contribution in [2.24, 2.45) is 0 Å². The van der Waals surface area contributed by atoms with Crippen molar-refractivity contribution in [3.8, 4) is 0 Å². The van der Waals surface area contributed by atoms with Gasteiger partial charge in [0.25, 0.3) is 0 Å². The van der Waals surface area contributed by atoms with Gasteiger partial charge in [0, 0.05) is 12.3 Å². The summed E-state index contributed by atoms with van der Waals surface area (Å²) >= 11 is 0. The van der Waals surface area contributed by atoms with E-state index in [4.69, 9.17) is 0 Å². The predicted octanol–water partition coefficient (Wildman–Crippen LogP) is 2.99. The highest BCUT2D eigenvalue weighted by atomic mass is 16.1. The number of rotatable bonds is 2. The van der Waals surface area contributed by atoms with Crippen LogP contribution in [0.25, 0.3) is 0 Å². The van der Waals surface area contributed by atoms with Gasteiger partial charge in [-0.3, -0.25) is 4.79 Å². The van der Waals surface area contributed by atoms with Crippen LogP contribution in [0.15, 0.2) is 53.5 Å². The zero-order valence-corrected chi connectivity index (χ0v) is 9.73. The summed E-state index contributed by atoms with van der Waals surface area (Å²) in [6, 6.07) is 13.7. The lowest BCUT2D eigenvalue weighted by atomic mass is 10.1. The van der Waals surface area contributed by atoms with Gasteiger partial charge in [-0.2, -0.15) is 0 Å². The van der Waals surface area contributed by atoms with Crippen molar-refractivity contribution in [1.82, 2.24) is 4.98 Å². The predicted molar refractivity (Wildman–Crippen MR) is 67.7 cm³/mol. The number of hydrogen-bond acceptors (Lipinski definition) is 1. The van der Waals surface area contributed by atoms with E-state index >= 15 is 0 Å². The first-order valence-corrected chi connectivity index (χ1v) is 5.56. The monoisotopic (exact) mass is 215 g/mol. The minimum Gasteiger partial charge on any atom is -0.329 e. The molecule has 84 valence electrons. The number of nitrogens with one attached hydrogen (secondary N) is 1. The molecule has 0 bridgehead atoms. The number of hydrogen-bond donors (Lipinski definition) is 1. The Morgan fingerprint density at radius 2 is 1.69 bits per heavy atom. The van der Waals surface area contributed by atoms with E-state index in [1.165, 1.54) is 5.56 Å². The summed E-state index contributed by atoms with van der Waals surface area (Å²) in [5.41, 5.74) is 2.22. The van der Waals surface area contributed by atoms with Crippen LogP contribution in [0.4, 0.5) is 0 Å². The average Bonchev–Trinajstić information content (AvgIpc) is 2.33. The fraction of sp³-hybridized carbons (Fsp3) is 0.214. The number of aromatic nitrogens is 1. The molecule has 2 nitrogen and oxygen atoms in total. The summed E-state index contributed by atoms with van der Waals surface area (Å²) in [6.45, 7) is 4.00. The Balaban J connectivity index is 0.000000606. The van der Waals surface area contributed by atoms with Crippen molar-refractivity contribution in [2.45, 2.75) is 20.3 Å². The van der Waals surface area contributed by atoms with Gasteiger partial charge in [-0.25, -0.2) is 0 Å². The molecule has 0 atom stereocenters. The molecule has 1 aromatic heterocycles. The van der Waals surface area contributed by atoms with E-state index in [9.17, 15) is 4.79 Å². The molecule has 0 fully saturated rings. The second-order valence-electron chi connectivity index (χ2n) is 3.22. The van der Waals surface area contributed by atoms with Crippen molar-refractivity contribution >= 4 is 0 Å². The van der Waals surface area contributed by atoms with Gasteiger partial charge >= 0.3 is 0 Å². The van der Waals surface area contributed by atoms with Crippen LogP contribution in [0.1, 0.15) is 25.0 Å². The van der Waals surface area contributed by atoms with Crippen molar-refractivity contribution in [1.29, 1.82) is 0 Å². The van der Waals surface area contributed by atoms with E-state index in [0.717, 1.165) is 12.0 Å². The Labute approximate surface area is 96.0 Å². The summed E-state index contributed by atoms with van der Waals surface area (Å²) in [4.78, 5) is 13.6. The van der Waals surface area contributed by atoms with Crippen molar-refractivity contribution < 1.29 is 0 Å². The lowest BCUT2D eigenvalue weighted by Crippen LogP contribution is -2.04. The van der Waals surface area contributed by atoms with Crippen molar-refractivity contribution in [3.05, 3.63) is 70.1 Å². The number of aromatic amines is 1. The molecule has 1 aromatic carbocycles. The van der Waals surface area contributed by atoms with E-state index in [0.29, 0.717) is 0 Å². The van der Waals surface area contributed by atoms with Gasteiger partial charge in [0.1, 0.15) is 0 Å². The van der Waals surface area contributed by atoms with Crippen LogP contribution in [0.2, 0.25) is 0 Å². The van der Waals surface area contributed by atoms with Crippen LogP contribution in [0.5, 0.6) is 0 Å².